The summed E-state index contributed by atoms with van der Waals surface area (Å²) in [6.07, 6.45) is 0. The van der Waals surface area contributed by atoms with Crippen molar-refractivity contribution < 1.29 is 14.3 Å². The standard InChI is InChI=1S/C24H30Cl2N2O3/c1-15-8-7-9-21(16(15)2)31-14-22(29)28(17(3)23(30)27-24(4,5)6)13-18-10-11-19(25)20(26)12-18/h7-12,17H,13-14H2,1-6H3,(H,27,30)/t17-/m0/s1. The average molecular weight is 465 g/mol. The Hall–Kier alpha value is -2.24. The number of nitrogens with zero attached hydrogens (tertiary/aromatic N) is 1. The summed E-state index contributed by atoms with van der Waals surface area (Å²) < 4.78 is 5.80. The molecule has 31 heavy (non-hydrogen) atoms. The number of halogens is 2. The van der Waals surface area contributed by atoms with Gasteiger partial charge in [0.1, 0.15) is 11.8 Å². The highest BCUT2D eigenvalue weighted by Gasteiger charge is 2.29. The van der Waals surface area contributed by atoms with Gasteiger partial charge in [-0.3, -0.25) is 9.59 Å². The maximum absolute atomic E-state index is 13.1. The fourth-order valence-electron chi connectivity index (χ4n) is 2.99. The second-order valence-corrected chi connectivity index (χ2v) is 9.49. The molecule has 0 bridgehead atoms. The molecule has 0 saturated heterocycles. The topological polar surface area (TPSA) is 58.6 Å². The lowest BCUT2D eigenvalue weighted by Crippen LogP contribution is -2.53. The number of rotatable bonds is 7. The maximum Gasteiger partial charge on any atom is 0.261 e. The van der Waals surface area contributed by atoms with E-state index in [2.05, 4.69) is 5.32 Å². The molecule has 0 radical (unpaired) electrons. The predicted octanol–water partition coefficient (Wildman–Crippen LogP) is 5.32. The van der Waals surface area contributed by atoms with Crippen LogP contribution in [-0.2, 0) is 16.1 Å². The number of nitrogens with one attached hydrogen (secondary N) is 1. The van der Waals surface area contributed by atoms with E-state index >= 15 is 0 Å². The van der Waals surface area contributed by atoms with Gasteiger partial charge in [-0.25, -0.2) is 0 Å². The van der Waals surface area contributed by atoms with Crippen LogP contribution in [0.25, 0.3) is 0 Å². The molecule has 2 rings (SSSR count). The summed E-state index contributed by atoms with van der Waals surface area (Å²) in [6.45, 7) is 11.3. The van der Waals surface area contributed by atoms with E-state index in [1.165, 1.54) is 4.90 Å². The zero-order valence-electron chi connectivity index (χ0n) is 18.9. The SMILES string of the molecule is Cc1cccc(OCC(=O)N(Cc2ccc(Cl)c(Cl)c2)[C@@H](C)C(=O)NC(C)(C)C)c1C. The molecule has 2 amide bonds. The molecule has 168 valence electrons. The first-order valence-electron chi connectivity index (χ1n) is 10.1. The quantitative estimate of drug-likeness (QED) is 0.602. The van der Waals surface area contributed by atoms with E-state index in [1.54, 1.807) is 25.1 Å². The van der Waals surface area contributed by atoms with Crippen LogP contribution in [0.2, 0.25) is 10.0 Å². The smallest absolute Gasteiger partial charge is 0.261 e. The second kappa shape index (κ2) is 10.4. The largest absolute Gasteiger partial charge is 0.483 e. The highest BCUT2D eigenvalue weighted by molar-refractivity contribution is 6.42. The van der Waals surface area contributed by atoms with Crippen LogP contribution in [0.3, 0.4) is 0 Å². The fourth-order valence-corrected chi connectivity index (χ4v) is 3.31. The Kier molecular flexibility index (Phi) is 8.38. The van der Waals surface area contributed by atoms with Gasteiger partial charge in [-0.2, -0.15) is 0 Å². The molecule has 1 atom stereocenters. The van der Waals surface area contributed by atoms with Crippen molar-refractivity contribution in [3.8, 4) is 5.75 Å². The van der Waals surface area contributed by atoms with Crippen LogP contribution in [-0.4, -0.2) is 34.9 Å². The van der Waals surface area contributed by atoms with Crippen molar-refractivity contribution in [2.75, 3.05) is 6.61 Å². The average Bonchev–Trinajstić information content (AvgIpc) is 2.67. The lowest BCUT2D eigenvalue weighted by Gasteiger charge is -2.31. The van der Waals surface area contributed by atoms with Crippen molar-refractivity contribution in [3.05, 3.63) is 63.1 Å². The van der Waals surface area contributed by atoms with E-state index in [0.29, 0.717) is 15.8 Å². The van der Waals surface area contributed by atoms with Crippen LogP contribution in [0.15, 0.2) is 36.4 Å². The Morgan fingerprint density at radius 1 is 1.10 bits per heavy atom. The summed E-state index contributed by atoms with van der Waals surface area (Å²) in [5.74, 6) is 0.103. The van der Waals surface area contributed by atoms with Crippen molar-refractivity contribution in [3.63, 3.8) is 0 Å². The van der Waals surface area contributed by atoms with E-state index < -0.39 is 11.6 Å². The molecule has 0 unspecified atom stereocenters. The second-order valence-electron chi connectivity index (χ2n) is 8.67. The van der Waals surface area contributed by atoms with Crippen molar-refractivity contribution in [1.29, 1.82) is 0 Å². The van der Waals surface area contributed by atoms with Gasteiger partial charge in [-0.1, -0.05) is 41.4 Å². The minimum Gasteiger partial charge on any atom is -0.483 e. The lowest BCUT2D eigenvalue weighted by atomic mass is 10.1. The third-order valence-electron chi connectivity index (χ3n) is 4.91. The van der Waals surface area contributed by atoms with E-state index in [4.69, 9.17) is 27.9 Å². The number of carbonyl (C=O) groups is 2. The minimum atomic E-state index is -0.705. The maximum atomic E-state index is 13.1. The number of hydrogen-bond donors (Lipinski definition) is 1. The van der Waals surface area contributed by atoms with Crippen LogP contribution in [0.5, 0.6) is 5.75 Å². The Balaban J connectivity index is 2.24. The monoisotopic (exact) mass is 464 g/mol. The molecule has 2 aromatic carbocycles. The molecule has 7 heteroatoms. The summed E-state index contributed by atoms with van der Waals surface area (Å²) in [7, 11) is 0. The Morgan fingerprint density at radius 3 is 2.39 bits per heavy atom. The van der Waals surface area contributed by atoms with Crippen molar-refractivity contribution in [2.24, 2.45) is 0 Å². The molecule has 0 heterocycles. The van der Waals surface area contributed by atoms with Gasteiger partial charge in [0.15, 0.2) is 6.61 Å². The molecule has 2 aromatic rings. The molecule has 1 N–H and O–H groups in total. The summed E-state index contributed by atoms with van der Waals surface area (Å²) in [5.41, 5.74) is 2.41. The van der Waals surface area contributed by atoms with Crippen LogP contribution in [0.1, 0.15) is 44.4 Å². The molecule has 0 saturated carbocycles. The summed E-state index contributed by atoms with van der Waals surface area (Å²) in [5, 5.41) is 3.75. The molecule has 5 nitrogen and oxygen atoms in total. The minimum absolute atomic E-state index is 0.182. The van der Waals surface area contributed by atoms with Gasteiger partial charge >= 0.3 is 0 Å². The zero-order chi connectivity index (χ0) is 23.3. The molecular weight excluding hydrogens is 435 g/mol. The number of carbonyl (C=O) groups excluding carboxylic acids is 2. The first kappa shape index (κ1) is 25.0. The number of aryl methyl sites for hydroxylation is 1. The van der Waals surface area contributed by atoms with Crippen LogP contribution in [0, 0.1) is 13.8 Å². The Labute approximate surface area is 194 Å². The molecule has 0 aliphatic carbocycles. The summed E-state index contributed by atoms with van der Waals surface area (Å²) in [6, 6.07) is 10.2. The van der Waals surface area contributed by atoms with E-state index in [1.807, 2.05) is 52.8 Å². The molecule has 0 aromatic heterocycles. The Bertz CT molecular complexity index is 954. The van der Waals surface area contributed by atoms with Gasteiger partial charge in [0, 0.05) is 12.1 Å². The van der Waals surface area contributed by atoms with E-state index in [9.17, 15) is 9.59 Å². The van der Waals surface area contributed by atoms with Gasteiger partial charge in [-0.05, 0) is 76.4 Å². The third kappa shape index (κ3) is 7.15. The molecule has 0 aliphatic rings. The first-order chi connectivity index (χ1) is 14.4. The molecular formula is C24H30Cl2N2O3. The van der Waals surface area contributed by atoms with Crippen LogP contribution in [0.4, 0.5) is 0 Å². The van der Waals surface area contributed by atoms with E-state index in [0.717, 1.165) is 16.7 Å². The summed E-state index contributed by atoms with van der Waals surface area (Å²) >= 11 is 12.2. The van der Waals surface area contributed by atoms with Gasteiger partial charge in [-0.15, -0.1) is 0 Å². The first-order valence-corrected chi connectivity index (χ1v) is 10.9. The number of amides is 2. The van der Waals surface area contributed by atoms with Crippen molar-refractivity contribution >= 4 is 35.0 Å². The normalized spacial score (nSPS) is 12.3. The molecule has 0 spiro atoms. The van der Waals surface area contributed by atoms with Gasteiger partial charge < -0.3 is 15.0 Å². The zero-order valence-corrected chi connectivity index (χ0v) is 20.4. The summed E-state index contributed by atoms with van der Waals surface area (Å²) in [4.78, 5) is 27.4. The van der Waals surface area contributed by atoms with Gasteiger partial charge in [0.25, 0.3) is 5.91 Å². The van der Waals surface area contributed by atoms with Crippen molar-refractivity contribution in [2.45, 2.75) is 59.7 Å². The third-order valence-corrected chi connectivity index (χ3v) is 5.65. The van der Waals surface area contributed by atoms with Gasteiger partial charge in [0.05, 0.1) is 10.0 Å². The molecule has 0 aliphatic heterocycles. The molecule has 0 fully saturated rings. The van der Waals surface area contributed by atoms with Gasteiger partial charge in [0.2, 0.25) is 5.91 Å². The fraction of sp³-hybridized carbons (Fsp3) is 0.417. The highest BCUT2D eigenvalue weighted by atomic mass is 35.5. The number of benzene rings is 2. The Morgan fingerprint density at radius 2 is 1.77 bits per heavy atom. The lowest BCUT2D eigenvalue weighted by molar-refractivity contribution is -0.142. The van der Waals surface area contributed by atoms with E-state index in [-0.39, 0.29) is 25.0 Å². The number of ether oxygens (including phenoxy) is 1. The number of hydrogen-bond acceptors (Lipinski definition) is 3. The highest BCUT2D eigenvalue weighted by Crippen LogP contribution is 2.24. The van der Waals surface area contributed by atoms with Crippen LogP contribution >= 0.6 is 23.2 Å². The van der Waals surface area contributed by atoms with Crippen molar-refractivity contribution in [1.82, 2.24) is 10.2 Å². The predicted molar refractivity (Wildman–Crippen MR) is 126 cm³/mol. The van der Waals surface area contributed by atoms with Crippen LogP contribution < -0.4 is 10.1 Å².